The summed E-state index contributed by atoms with van der Waals surface area (Å²) in [4.78, 5) is 20.2. The number of benzene rings is 1. The van der Waals surface area contributed by atoms with Crippen molar-refractivity contribution in [3.8, 4) is 5.75 Å². The first-order chi connectivity index (χ1) is 12.7. The molecule has 0 bridgehead atoms. The monoisotopic (exact) mass is 367 g/mol. The minimum Gasteiger partial charge on any atom is -0.508 e. The summed E-state index contributed by atoms with van der Waals surface area (Å²) in [6.07, 6.45) is 3.78. The van der Waals surface area contributed by atoms with Crippen molar-refractivity contribution in [2.45, 2.75) is 25.3 Å². The minimum absolute atomic E-state index is 0.0585. The first kappa shape index (κ1) is 16.0. The van der Waals surface area contributed by atoms with E-state index in [2.05, 4.69) is 16.0 Å². The molecule has 2 atom stereocenters. The fourth-order valence-corrected chi connectivity index (χ4v) is 5.35. The highest BCUT2D eigenvalue weighted by Gasteiger charge is 2.37. The van der Waals surface area contributed by atoms with E-state index in [4.69, 9.17) is 0 Å². The molecule has 6 heteroatoms. The lowest BCUT2D eigenvalue weighted by atomic mass is 9.77. The number of nitrogens with zero attached hydrogens (tertiary/aromatic N) is 3. The molecule has 2 unspecified atom stereocenters. The van der Waals surface area contributed by atoms with E-state index < -0.39 is 0 Å². The lowest BCUT2D eigenvalue weighted by molar-refractivity contribution is 0.305. The summed E-state index contributed by atoms with van der Waals surface area (Å²) in [5.74, 6) is 1.60. The molecule has 2 aliphatic rings. The number of aromatic hydroxyl groups is 1. The van der Waals surface area contributed by atoms with Crippen molar-refractivity contribution in [1.82, 2.24) is 14.5 Å². The zero-order chi connectivity index (χ0) is 17.7. The molecule has 3 aromatic rings. The molecule has 0 amide bonds. The van der Waals surface area contributed by atoms with Crippen LogP contribution in [0.5, 0.6) is 5.75 Å². The van der Waals surface area contributed by atoms with Gasteiger partial charge in [-0.3, -0.25) is 9.36 Å². The summed E-state index contributed by atoms with van der Waals surface area (Å²) in [5, 5.41) is 12.8. The van der Waals surface area contributed by atoms with Gasteiger partial charge in [0.05, 0.1) is 11.7 Å². The number of hydrogen-bond acceptors (Lipinski definition) is 5. The van der Waals surface area contributed by atoms with Gasteiger partial charge in [0.25, 0.3) is 5.56 Å². The van der Waals surface area contributed by atoms with Crippen LogP contribution in [0.1, 0.15) is 23.5 Å². The Hall–Kier alpha value is -2.18. The van der Waals surface area contributed by atoms with Gasteiger partial charge >= 0.3 is 0 Å². The highest BCUT2D eigenvalue weighted by molar-refractivity contribution is 7.16. The summed E-state index contributed by atoms with van der Waals surface area (Å²) < 4.78 is 1.73. The summed E-state index contributed by atoms with van der Waals surface area (Å²) in [6.45, 7) is 3.61. The van der Waals surface area contributed by atoms with Gasteiger partial charge in [-0.05, 0) is 47.4 Å². The number of hydrogen-bond donors (Lipinski definition) is 1. The smallest absolute Gasteiger partial charge is 0.262 e. The Bertz CT molecular complexity index is 1030. The van der Waals surface area contributed by atoms with Gasteiger partial charge in [-0.15, -0.1) is 11.3 Å². The SMILES string of the molecule is O=c1c2ccsc2ncn1CCN1CC2CCc3c(O)cccc3C2C1. The molecule has 1 saturated heterocycles. The average Bonchev–Trinajstić information content (AvgIpc) is 3.28. The molecular weight excluding hydrogens is 346 g/mol. The van der Waals surface area contributed by atoms with Crippen molar-refractivity contribution in [3.05, 3.63) is 57.5 Å². The van der Waals surface area contributed by atoms with Gasteiger partial charge < -0.3 is 10.0 Å². The van der Waals surface area contributed by atoms with Crippen LogP contribution < -0.4 is 5.56 Å². The van der Waals surface area contributed by atoms with Gasteiger partial charge in [0, 0.05) is 32.1 Å². The molecule has 134 valence electrons. The number of phenolic OH excluding ortho intramolecular Hbond substituents is 1. The third kappa shape index (κ3) is 2.56. The van der Waals surface area contributed by atoms with Crippen molar-refractivity contribution in [2.75, 3.05) is 19.6 Å². The molecule has 1 fully saturated rings. The van der Waals surface area contributed by atoms with Crippen molar-refractivity contribution < 1.29 is 5.11 Å². The van der Waals surface area contributed by atoms with Gasteiger partial charge in [-0.25, -0.2) is 4.98 Å². The van der Waals surface area contributed by atoms with E-state index >= 15 is 0 Å². The quantitative estimate of drug-likeness (QED) is 0.773. The number of phenols is 1. The molecule has 0 radical (unpaired) electrons. The summed E-state index contributed by atoms with van der Waals surface area (Å²) in [6, 6.07) is 7.79. The number of fused-ring (bicyclic) bond motifs is 4. The standard InChI is InChI=1S/C20H21N3O2S/c24-18-3-1-2-14-15(18)5-4-13-10-22(11-17(13)14)7-8-23-12-21-19-16(20(23)25)6-9-26-19/h1-3,6,9,12-13,17,24H,4-5,7-8,10-11H2. The Labute approximate surface area is 155 Å². The van der Waals surface area contributed by atoms with E-state index in [9.17, 15) is 9.90 Å². The minimum atomic E-state index is 0.0585. The largest absolute Gasteiger partial charge is 0.508 e. The van der Waals surface area contributed by atoms with Crippen molar-refractivity contribution in [3.63, 3.8) is 0 Å². The molecule has 5 nitrogen and oxygen atoms in total. The van der Waals surface area contributed by atoms with Crippen LogP contribution in [-0.2, 0) is 13.0 Å². The normalized spacial score (nSPS) is 22.5. The maximum atomic E-state index is 12.5. The van der Waals surface area contributed by atoms with Crippen molar-refractivity contribution in [1.29, 1.82) is 0 Å². The van der Waals surface area contributed by atoms with E-state index in [-0.39, 0.29) is 5.56 Å². The second-order valence-corrected chi connectivity index (χ2v) is 8.29. The van der Waals surface area contributed by atoms with Crippen LogP contribution in [0.2, 0.25) is 0 Å². The third-order valence-corrected chi connectivity index (χ3v) is 6.80. The Morgan fingerprint density at radius 3 is 3.08 bits per heavy atom. The maximum absolute atomic E-state index is 12.5. The Morgan fingerprint density at radius 2 is 2.15 bits per heavy atom. The van der Waals surface area contributed by atoms with Crippen LogP contribution in [0.25, 0.3) is 10.2 Å². The Kier molecular flexibility index (Phi) is 3.83. The molecule has 0 saturated carbocycles. The zero-order valence-corrected chi connectivity index (χ0v) is 15.3. The summed E-state index contributed by atoms with van der Waals surface area (Å²) >= 11 is 1.51. The molecule has 5 rings (SSSR count). The number of rotatable bonds is 3. The van der Waals surface area contributed by atoms with Gasteiger partial charge in [0.15, 0.2) is 0 Å². The van der Waals surface area contributed by atoms with Crippen molar-refractivity contribution >= 4 is 21.6 Å². The van der Waals surface area contributed by atoms with Gasteiger partial charge in [0.1, 0.15) is 10.6 Å². The lowest BCUT2D eigenvalue weighted by Crippen LogP contribution is -2.29. The molecule has 1 aliphatic heterocycles. The molecule has 1 aromatic carbocycles. The van der Waals surface area contributed by atoms with Crippen LogP contribution >= 0.6 is 11.3 Å². The van der Waals surface area contributed by atoms with E-state index in [1.165, 1.54) is 16.9 Å². The number of likely N-dealkylation sites (tertiary alicyclic amines) is 1. The van der Waals surface area contributed by atoms with E-state index in [0.717, 1.165) is 48.3 Å². The average molecular weight is 367 g/mol. The summed E-state index contributed by atoms with van der Waals surface area (Å²) in [5.41, 5.74) is 2.52. The Morgan fingerprint density at radius 1 is 1.23 bits per heavy atom. The topological polar surface area (TPSA) is 58.4 Å². The molecule has 26 heavy (non-hydrogen) atoms. The highest BCUT2D eigenvalue weighted by atomic mass is 32.1. The van der Waals surface area contributed by atoms with Crippen molar-refractivity contribution in [2.24, 2.45) is 5.92 Å². The number of thiophene rings is 1. The van der Waals surface area contributed by atoms with E-state index in [0.29, 0.717) is 24.1 Å². The highest BCUT2D eigenvalue weighted by Crippen LogP contribution is 2.43. The second kappa shape index (κ2) is 6.21. The first-order valence-corrected chi connectivity index (χ1v) is 10.0. The molecule has 0 spiro atoms. The lowest BCUT2D eigenvalue weighted by Gasteiger charge is -2.27. The van der Waals surface area contributed by atoms with E-state index in [1.807, 2.05) is 17.5 Å². The molecule has 2 aromatic heterocycles. The fourth-order valence-electron chi connectivity index (χ4n) is 4.63. The third-order valence-electron chi connectivity index (χ3n) is 5.98. The fraction of sp³-hybridized carbons (Fsp3) is 0.400. The van der Waals surface area contributed by atoms with Crippen LogP contribution in [0.15, 0.2) is 40.8 Å². The predicted molar refractivity (Wildman–Crippen MR) is 103 cm³/mol. The summed E-state index contributed by atoms with van der Waals surface area (Å²) in [7, 11) is 0. The van der Waals surface area contributed by atoms with Crippen LogP contribution in [0, 0.1) is 5.92 Å². The predicted octanol–water partition coefficient (Wildman–Crippen LogP) is 2.83. The first-order valence-electron chi connectivity index (χ1n) is 9.16. The van der Waals surface area contributed by atoms with Gasteiger partial charge in [-0.1, -0.05) is 12.1 Å². The molecule has 3 heterocycles. The molecule has 1 aliphatic carbocycles. The van der Waals surface area contributed by atoms with Crippen LogP contribution in [0.3, 0.4) is 0 Å². The van der Waals surface area contributed by atoms with E-state index in [1.54, 1.807) is 17.0 Å². The zero-order valence-electron chi connectivity index (χ0n) is 14.5. The molecule has 1 N–H and O–H groups in total. The van der Waals surface area contributed by atoms with Gasteiger partial charge in [-0.2, -0.15) is 0 Å². The molecular formula is C20H21N3O2S. The second-order valence-electron chi connectivity index (χ2n) is 7.39. The Balaban J connectivity index is 1.32. The van der Waals surface area contributed by atoms with Crippen LogP contribution in [0.4, 0.5) is 0 Å². The van der Waals surface area contributed by atoms with Crippen LogP contribution in [-0.4, -0.2) is 39.2 Å². The number of aromatic nitrogens is 2. The van der Waals surface area contributed by atoms with Gasteiger partial charge in [0.2, 0.25) is 0 Å². The maximum Gasteiger partial charge on any atom is 0.262 e.